The summed E-state index contributed by atoms with van der Waals surface area (Å²) >= 11 is 34.1. The summed E-state index contributed by atoms with van der Waals surface area (Å²) in [6, 6.07) is 7.64. The van der Waals surface area contributed by atoms with Crippen LogP contribution in [0.5, 0.6) is 0 Å². The second kappa shape index (κ2) is 24.9. The van der Waals surface area contributed by atoms with Crippen molar-refractivity contribution in [2.24, 2.45) is 11.8 Å². The van der Waals surface area contributed by atoms with E-state index in [1.807, 2.05) is 23.1 Å². The molecular formula is C41H45Br4Cl3N14O3S3. The third-order valence-electron chi connectivity index (χ3n) is 11.2. The van der Waals surface area contributed by atoms with Crippen molar-refractivity contribution >= 4 is 167 Å². The first kappa shape index (κ1) is 53.4. The van der Waals surface area contributed by atoms with Gasteiger partial charge in [-0.05, 0) is 102 Å². The second-order valence-electron chi connectivity index (χ2n) is 15.5. The molecule has 68 heavy (non-hydrogen) atoms. The number of nitrogens with one attached hydrogen (secondary N) is 2. The highest BCUT2D eigenvalue weighted by Crippen LogP contribution is 2.31. The smallest absolute Gasteiger partial charge is 0.172 e. The molecule has 27 heteroatoms. The molecule has 8 heterocycles. The van der Waals surface area contributed by atoms with Gasteiger partial charge < -0.3 is 20.8 Å². The van der Waals surface area contributed by atoms with Crippen molar-refractivity contribution < 1.29 is 14.4 Å². The van der Waals surface area contributed by atoms with Crippen LogP contribution < -0.4 is 10.6 Å². The maximum absolute atomic E-state index is 12.0. The quantitative estimate of drug-likeness (QED) is 0.0784. The Kier molecular flexibility index (Phi) is 19.5. The Morgan fingerprint density at radius 2 is 1.00 bits per heavy atom. The molecule has 8 aromatic rings. The van der Waals surface area contributed by atoms with Crippen LogP contribution in [0.15, 0.2) is 82.0 Å². The van der Waals surface area contributed by atoms with Crippen molar-refractivity contribution in [2.45, 2.75) is 78.5 Å². The van der Waals surface area contributed by atoms with Crippen LogP contribution in [-0.2, 0) is 10.8 Å². The summed E-state index contributed by atoms with van der Waals surface area (Å²) in [6.07, 6.45) is 21.3. The predicted octanol–water partition coefficient (Wildman–Crippen LogP) is 11.0. The lowest BCUT2D eigenvalue weighted by Crippen LogP contribution is -2.34. The Hall–Kier alpha value is -2.36. The fourth-order valence-corrected chi connectivity index (χ4v) is 11.7. The lowest BCUT2D eigenvalue weighted by Gasteiger charge is -2.31. The predicted molar refractivity (Wildman–Crippen MR) is 287 cm³/mol. The number of rotatable bonds is 9. The first-order chi connectivity index (χ1) is 32.7. The first-order valence-electron chi connectivity index (χ1n) is 21.0. The molecule has 4 N–H and O–H groups in total. The van der Waals surface area contributed by atoms with Gasteiger partial charge in [0.25, 0.3) is 0 Å². The average molecular weight is 1300 g/mol. The number of hydrogen-bond donors (Lipinski definition) is 4. The topological polar surface area (TPSA) is 202 Å². The van der Waals surface area contributed by atoms with E-state index in [9.17, 15) is 14.4 Å². The SMILES string of the molecule is CS(=O)c1cc(N[C@H]2CCCC[C@H]2CO)nc2c(Br)cnn12.CSc1cc(Cl)nc2c(Br)cnn12.CSc1cc(N[C@H]2CCCC[C@H]2CO)nc2c(Br)cnn12.Clc1cc(Cl)n2ncc(Br)c2n1. The van der Waals surface area contributed by atoms with Gasteiger partial charge in [0.15, 0.2) is 22.6 Å². The van der Waals surface area contributed by atoms with Crippen LogP contribution in [0, 0.1) is 11.8 Å². The summed E-state index contributed by atoms with van der Waals surface area (Å²) < 4.78 is 21.9. The molecule has 0 saturated heterocycles. The van der Waals surface area contributed by atoms with Gasteiger partial charge in [0, 0.05) is 67.7 Å². The molecule has 8 aromatic heterocycles. The van der Waals surface area contributed by atoms with Crippen LogP contribution in [0.3, 0.4) is 0 Å². The molecule has 1 unspecified atom stereocenters. The molecule has 2 aliphatic rings. The number of thioether (sulfide) groups is 2. The number of aliphatic hydroxyl groups is 2. The maximum atomic E-state index is 12.0. The molecule has 0 aromatic carbocycles. The number of aliphatic hydroxyl groups excluding tert-OH is 2. The highest BCUT2D eigenvalue weighted by Gasteiger charge is 2.27. The molecule has 0 spiro atoms. The molecule has 10 rings (SSSR count). The molecule has 5 atom stereocenters. The maximum Gasteiger partial charge on any atom is 0.172 e. The number of anilines is 2. The molecule has 0 bridgehead atoms. The van der Waals surface area contributed by atoms with E-state index in [4.69, 9.17) is 34.8 Å². The standard InChI is InChI=1S/C14H19BrN4O2S.C14H19BrN4OS.C7H5BrClN3S.C6H2BrCl2N3/c1-22(21)13-6-12(18-14-10(15)7-16-19(13)14)17-11-5-3-2-4-9(11)8-20;1-21-13-6-12(18-14-10(15)7-16-19(13)14)17-11-5-3-2-4-9(11)8-20;1-13-6-2-5(9)11-7-4(8)3-10-12(6)7;7-3-2-10-12-5(9)1-4(8)11-6(3)12/h6-7,9,11,20H,2-5,8H2,1H3,(H,17,18);6-7,9,11,20H,2-5,8H2,1H3,(H,17,18);2-3H,1H3;1-2H/t9-,11-,22?;9-,11-;;/m00../s1. The van der Waals surface area contributed by atoms with Crippen LogP contribution in [-0.4, -0.2) is 117 Å². The largest absolute Gasteiger partial charge is 0.396 e. The molecule has 0 amide bonds. The fraction of sp³-hybridized carbons (Fsp3) is 0.415. The van der Waals surface area contributed by atoms with Gasteiger partial charge in [0.1, 0.15) is 42.2 Å². The zero-order valence-corrected chi connectivity index (χ0v) is 47.6. The van der Waals surface area contributed by atoms with Crippen molar-refractivity contribution in [3.05, 3.63) is 82.4 Å². The summed E-state index contributed by atoms with van der Waals surface area (Å²) in [5, 5.41) is 46.6. The van der Waals surface area contributed by atoms with Gasteiger partial charge in [0.05, 0.1) is 53.5 Å². The van der Waals surface area contributed by atoms with Crippen molar-refractivity contribution in [3.63, 3.8) is 0 Å². The molecule has 2 saturated carbocycles. The summed E-state index contributed by atoms with van der Waals surface area (Å²) in [5.74, 6) is 2.11. The van der Waals surface area contributed by atoms with E-state index in [1.165, 1.54) is 23.4 Å². The molecule has 0 aliphatic heterocycles. The van der Waals surface area contributed by atoms with E-state index in [-0.39, 0.29) is 25.2 Å². The van der Waals surface area contributed by atoms with E-state index >= 15 is 0 Å². The third-order valence-corrected chi connectivity index (χ3v) is 16.4. The highest BCUT2D eigenvalue weighted by molar-refractivity contribution is 9.11. The van der Waals surface area contributed by atoms with Crippen LogP contribution in [0.2, 0.25) is 15.5 Å². The van der Waals surface area contributed by atoms with Gasteiger partial charge in [0.2, 0.25) is 0 Å². The van der Waals surface area contributed by atoms with Crippen LogP contribution in [0.4, 0.5) is 11.6 Å². The monoisotopic (exact) mass is 1300 g/mol. The first-order valence-corrected chi connectivity index (χ1v) is 29.3. The van der Waals surface area contributed by atoms with Gasteiger partial charge >= 0.3 is 0 Å². The fourth-order valence-electron chi connectivity index (χ4n) is 7.83. The number of nitrogens with zero attached hydrogens (tertiary/aromatic N) is 12. The summed E-state index contributed by atoms with van der Waals surface area (Å²) in [6.45, 7) is 0.425. The van der Waals surface area contributed by atoms with Crippen molar-refractivity contribution in [3.8, 4) is 0 Å². The minimum absolute atomic E-state index is 0.183. The van der Waals surface area contributed by atoms with Gasteiger partial charge in [-0.2, -0.15) is 20.4 Å². The number of halogens is 7. The summed E-state index contributed by atoms with van der Waals surface area (Å²) in [5.41, 5.74) is 2.83. The van der Waals surface area contributed by atoms with Crippen LogP contribution >= 0.6 is 122 Å². The van der Waals surface area contributed by atoms with E-state index in [2.05, 4.69) is 115 Å². The average Bonchev–Trinajstić information content (AvgIpc) is 4.12. The van der Waals surface area contributed by atoms with Crippen molar-refractivity contribution in [1.82, 2.24) is 58.4 Å². The summed E-state index contributed by atoms with van der Waals surface area (Å²) in [4.78, 5) is 17.4. The van der Waals surface area contributed by atoms with Gasteiger partial charge in [-0.3, -0.25) is 4.21 Å². The zero-order valence-electron chi connectivity index (χ0n) is 36.5. The third kappa shape index (κ3) is 12.8. The minimum atomic E-state index is -1.17. The zero-order chi connectivity index (χ0) is 48.6. The van der Waals surface area contributed by atoms with E-state index in [1.54, 1.807) is 75.7 Å². The molecule has 17 nitrogen and oxygen atoms in total. The molecule has 0 radical (unpaired) electrons. The highest BCUT2D eigenvalue weighted by atomic mass is 79.9. The number of aromatic nitrogens is 12. The van der Waals surface area contributed by atoms with E-state index < -0.39 is 10.8 Å². The van der Waals surface area contributed by atoms with Crippen LogP contribution in [0.1, 0.15) is 51.4 Å². The Morgan fingerprint density at radius 3 is 1.49 bits per heavy atom. The van der Waals surface area contributed by atoms with Gasteiger partial charge in [-0.1, -0.05) is 60.5 Å². The van der Waals surface area contributed by atoms with E-state index in [0.717, 1.165) is 83.6 Å². The number of fused-ring (bicyclic) bond motifs is 4. The summed E-state index contributed by atoms with van der Waals surface area (Å²) in [7, 11) is -1.17. The second-order valence-corrected chi connectivity index (χ2v) is 23.1. The van der Waals surface area contributed by atoms with Gasteiger partial charge in [-0.15, -0.1) is 23.5 Å². The Morgan fingerprint density at radius 1 is 0.603 bits per heavy atom. The van der Waals surface area contributed by atoms with Crippen LogP contribution in [0.25, 0.3) is 22.6 Å². The lowest BCUT2D eigenvalue weighted by molar-refractivity contribution is 0.178. The Bertz CT molecular complexity index is 3040. The Balaban J connectivity index is 0.000000139. The lowest BCUT2D eigenvalue weighted by atomic mass is 9.85. The number of hydrogen-bond acceptors (Lipinski definition) is 15. The molecule has 2 aliphatic carbocycles. The van der Waals surface area contributed by atoms with Gasteiger partial charge in [-0.25, -0.2) is 38.0 Å². The Labute approximate surface area is 451 Å². The van der Waals surface area contributed by atoms with Crippen molar-refractivity contribution in [1.29, 1.82) is 0 Å². The molecular weight excluding hydrogens is 1260 g/mol. The molecule has 2 fully saturated rings. The normalized spacial score (nSPS) is 18.6. The minimum Gasteiger partial charge on any atom is -0.396 e. The van der Waals surface area contributed by atoms with E-state index in [0.29, 0.717) is 49.6 Å². The van der Waals surface area contributed by atoms with Crippen molar-refractivity contribution in [2.75, 3.05) is 42.6 Å². The molecule has 364 valence electrons.